The van der Waals surface area contributed by atoms with E-state index in [4.69, 9.17) is 9.40 Å². The van der Waals surface area contributed by atoms with E-state index in [9.17, 15) is 0 Å². The van der Waals surface area contributed by atoms with E-state index in [1.54, 1.807) is 0 Å². The van der Waals surface area contributed by atoms with Crippen LogP contribution in [0.2, 0.25) is 0 Å². The molecule has 0 unspecified atom stereocenters. The fourth-order valence-corrected chi connectivity index (χ4v) is 7.61. The minimum atomic E-state index is 0.867. The molecule has 0 saturated carbocycles. The van der Waals surface area contributed by atoms with Gasteiger partial charge in [-0.2, -0.15) is 0 Å². The smallest absolute Gasteiger partial charge is 0.220 e. The van der Waals surface area contributed by atoms with Gasteiger partial charge in [0.15, 0.2) is 5.58 Å². The third-order valence-electron chi connectivity index (χ3n) is 9.57. The zero-order valence-electron chi connectivity index (χ0n) is 24.6. The van der Waals surface area contributed by atoms with Crippen LogP contribution in [0.25, 0.3) is 76.8 Å². The number of fused-ring (bicyclic) bond motifs is 12. The molecule has 0 fully saturated rings. The number of para-hydroxylation sites is 5. The Hall–Kier alpha value is -6.33. The van der Waals surface area contributed by atoms with Crippen LogP contribution in [0, 0.1) is 0 Å². The lowest BCUT2D eigenvalue weighted by atomic mass is 10.0. The van der Waals surface area contributed by atoms with Crippen LogP contribution < -0.4 is 4.90 Å². The van der Waals surface area contributed by atoms with Crippen molar-refractivity contribution < 1.29 is 4.42 Å². The Morgan fingerprint density at radius 3 is 2.17 bits per heavy atom. The molecule has 7 aromatic carbocycles. The first-order valence-electron chi connectivity index (χ1n) is 15.6. The lowest BCUT2D eigenvalue weighted by Gasteiger charge is -2.25. The van der Waals surface area contributed by atoms with Crippen LogP contribution in [0.5, 0.6) is 0 Å². The van der Waals surface area contributed by atoms with E-state index >= 15 is 0 Å². The molecule has 5 nitrogen and oxygen atoms in total. The molecule has 0 aliphatic carbocycles. The molecule has 0 saturated heterocycles. The summed E-state index contributed by atoms with van der Waals surface area (Å²) in [7, 11) is 0. The molecule has 0 bridgehead atoms. The van der Waals surface area contributed by atoms with E-state index in [1.165, 1.54) is 27.1 Å². The van der Waals surface area contributed by atoms with Gasteiger partial charge in [0.05, 0.1) is 33.3 Å². The second-order valence-corrected chi connectivity index (χ2v) is 12.1. The van der Waals surface area contributed by atoms with Crippen LogP contribution in [0.4, 0.5) is 17.1 Å². The van der Waals surface area contributed by atoms with Gasteiger partial charge in [-0.1, -0.05) is 84.9 Å². The molecule has 4 aromatic heterocycles. The highest BCUT2D eigenvalue weighted by molar-refractivity contribution is 6.20. The van der Waals surface area contributed by atoms with Crippen LogP contribution in [0.1, 0.15) is 0 Å². The van der Waals surface area contributed by atoms with E-state index in [0.717, 1.165) is 66.8 Å². The van der Waals surface area contributed by atoms with Gasteiger partial charge in [-0.25, -0.2) is 4.98 Å². The molecule has 0 aliphatic rings. The van der Waals surface area contributed by atoms with Gasteiger partial charge in [-0.15, -0.1) is 0 Å². The van der Waals surface area contributed by atoms with Gasteiger partial charge in [0, 0.05) is 32.9 Å². The van der Waals surface area contributed by atoms with Crippen molar-refractivity contribution in [3.05, 3.63) is 146 Å². The van der Waals surface area contributed by atoms with Crippen molar-refractivity contribution in [3.63, 3.8) is 0 Å². The van der Waals surface area contributed by atoms with Gasteiger partial charge in [-0.3, -0.25) is 8.80 Å². The van der Waals surface area contributed by atoms with E-state index < -0.39 is 0 Å². The van der Waals surface area contributed by atoms with Crippen LogP contribution in [-0.2, 0) is 0 Å². The first kappa shape index (κ1) is 24.0. The van der Waals surface area contributed by atoms with Crippen molar-refractivity contribution >= 4 is 93.9 Å². The number of rotatable bonds is 3. The number of hydrogen-bond acceptors (Lipinski definition) is 3. The number of furan rings is 1. The van der Waals surface area contributed by atoms with Crippen LogP contribution >= 0.6 is 0 Å². The first-order valence-corrected chi connectivity index (χ1v) is 15.6. The third kappa shape index (κ3) is 3.06. The fraction of sp³-hybridized carbons (Fsp3) is 0. The summed E-state index contributed by atoms with van der Waals surface area (Å²) in [5.74, 6) is 0.925. The number of hydrogen-bond donors (Lipinski definition) is 0. The van der Waals surface area contributed by atoms with E-state index in [-0.39, 0.29) is 0 Å². The number of benzene rings is 7. The maximum atomic E-state index is 6.61. The van der Waals surface area contributed by atoms with Crippen LogP contribution in [0.3, 0.4) is 0 Å². The molecule has 4 heterocycles. The SMILES string of the molecule is c1ccc(N(c2cc3c4cc5ccccc5cc4n4c3c(c2)n2c3ccccc3nc24)c2cccc3c2oc2ccccc23)cc1. The summed E-state index contributed by atoms with van der Waals surface area (Å²) in [6.07, 6.45) is 0. The lowest BCUT2D eigenvalue weighted by Crippen LogP contribution is -2.10. The summed E-state index contributed by atoms with van der Waals surface area (Å²) >= 11 is 0. The van der Waals surface area contributed by atoms with Crippen molar-refractivity contribution in [3.8, 4) is 0 Å². The Labute approximate surface area is 262 Å². The zero-order valence-corrected chi connectivity index (χ0v) is 24.6. The molecular weight excluding hydrogens is 564 g/mol. The molecule has 0 amide bonds. The topological polar surface area (TPSA) is 38.1 Å². The minimum Gasteiger partial charge on any atom is -0.454 e. The summed E-state index contributed by atoms with van der Waals surface area (Å²) in [6, 6.07) is 51.6. The summed E-state index contributed by atoms with van der Waals surface area (Å²) in [4.78, 5) is 7.52. The van der Waals surface area contributed by atoms with Crippen molar-refractivity contribution in [2.45, 2.75) is 0 Å². The Kier molecular flexibility index (Phi) is 4.52. The number of aromatic nitrogens is 3. The van der Waals surface area contributed by atoms with E-state index in [0.29, 0.717) is 0 Å². The van der Waals surface area contributed by atoms with E-state index in [2.05, 4.69) is 147 Å². The zero-order chi connectivity index (χ0) is 29.9. The van der Waals surface area contributed by atoms with Crippen LogP contribution in [0.15, 0.2) is 150 Å². The van der Waals surface area contributed by atoms with Gasteiger partial charge in [-0.05, 0) is 71.4 Å². The highest BCUT2D eigenvalue weighted by Gasteiger charge is 2.25. The molecule has 46 heavy (non-hydrogen) atoms. The van der Waals surface area contributed by atoms with Crippen molar-refractivity contribution in [1.82, 2.24) is 13.8 Å². The minimum absolute atomic E-state index is 0.867. The predicted molar refractivity (Wildman–Crippen MR) is 189 cm³/mol. The Morgan fingerprint density at radius 2 is 1.26 bits per heavy atom. The van der Waals surface area contributed by atoms with Crippen molar-refractivity contribution in [2.75, 3.05) is 4.90 Å². The Morgan fingerprint density at radius 1 is 0.500 bits per heavy atom. The van der Waals surface area contributed by atoms with Crippen molar-refractivity contribution in [2.24, 2.45) is 0 Å². The second-order valence-electron chi connectivity index (χ2n) is 12.1. The molecule has 0 aliphatic heterocycles. The average Bonchev–Trinajstić information content (AvgIpc) is 3.84. The lowest BCUT2D eigenvalue weighted by molar-refractivity contribution is 0.669. The number of nitrogens with zero attached hydrogens (tertiary/aromatic N) is 4. The molecule has 11 aromatic rings. The van der Waals surface area contributed by atoms with Gasteiger partial charge in [0.2, 0.25) is 5.78 Å². The quantitative estimate of drug-likeness (QED) is 0.206. The molecule has 11 rings (SSSR count). The highest BCUT2D eigenvalue weighted by atomic mass is 16.3. The normalized spacial score (nSPS) is 12.3. The van der Waals surface area contributed by atoms with Crippen LogP contribution in [-0.4, -0.2) is 13.8 Å². The summed E-state index contributed by atoms with van der Waals surface area (Å²) < 4.78 is 11.3. The van der Waals surface area contributed by atoms with Gasteiger partial charge in [0.25, 0.3) is 0 Å². The average molecular weight is 589 g/mol. The highest BCUT2D eigenvalue weighted by Crippen LogP contribution is 2.46. The third-order valence-corrected chi connectivity index (χ3v) is 9.57. The number of anilines is 3. The summed E-state index contributed by atoms with van der Waals surface area (Å²) in [6.45, 7) is 0. The molecule has 5 heteroatoms. The predicted octanol–water partition coefficient (Wildman–Crippen LogP) is 11.0. The molecule has 0 radical (unpaired) electrons. The molecule has 0 spiro atoms. The molecular formula is C41H24N4O. The largest absolute Gasteiger partial charge is 0.454 e. The van der Waals surface area contributed by atoms with Gasteiger partial charge < -0.3 is 9.32 Å². The van der Waals surface area contributed by atoms with E-state index in [1.807, 2.05) is 12.1 Å². The van der Waals surface area contributed by atoms with Gasteiger partial charge in [0.1, 0.15) is 5.58 Å². The fourth-order valence-electron chi connectivity index (χ4n) is 7.61. The molecule has 0 N–H and O–H groups in total. The summed E-state index contributed by atoms with van der Waals surface area (Å²) in [5.41, 5.74) is 10.4. The maximum Gasteiger partial charge on any atom is 0.220 e. The Balaban J connectivity index is 1.32. The first-order chi connectivity index (χ1) is 22.8. The molecule has 0 atom stereocenters. The van der Waals surface area contributed by atoms with Crippen molar-refractivity contribution in [1.29, 1.82) is 0 Å². The summed E-state index contributed by atoms with van der Waals surface area (Å²) in [5, 5.41) is 7.07. The maximum absolute atomic E-state index is 6.61. The van der Waals surface area contributed by atoms with Gasteiger partial charge >= 0.3 is 0 Å². The monoisotopic (exact) mass is 588 g/mol. The Bertz CT molecular complexity index is 2980. The second kappa shape index (κ2) is 8.65. The molecule has 214 valence electrons. The standard InChI is InChI=1S/C41H24N4O/c1-2-13-27(14-3-1)43(35-19-10-16-30-29-15-6-9-20-38(29)46-40(30)35)28-23-32-31-21-25-11-4-5-12-26(25)22-36(31)45-39(32)37(24-28)44-34-18-8-7-17-33(34)42-41(44)45/h1-24H. The number of imidazole rings is 2.